The van der Waals surface area contributed by atoms with Crippen LogP contribution in [0.3, 0.4) is 0 Å². The molecule has 0 amide bonds. The van der Waals surface area contributed by atoms with E-state index in [1.807, 2.05) is 0 Å². The maximum absolute atomic E-state index is 14.7. The van der Waals surface area contributed by atoms with Gasteiger partial charge in [-0.2, -0.15) is 0 Å². The summed E-state index contributed by atoms with van der Waals surface area (Å²) in [6.45, 7) is 3.32. The largest absolute Gasteiger partial charge is 0.487 e. The van der Waals surface area contributed by atoms with Crippen LogP contribution >= 0.6 is 0 Å². The summed E-state index contributed by atoms with van der Waals surface area (Å²) in [6, 6.07) is 6.75. The topological polar surface area (TPSA) is 9.23 Å². The molecule has 1 aliphatic carbocycles. The summed E-state index contributed by atoms with van der Waals surface area (Å²) < 4.78 is 34.4. The highest BCUT2D eigenvalue weighted by molar-refractivity contribution is 6.36. The first-order valence-corrected chi connectivity index (χ1v) is 7.99. The predicted molar refractivity (Wildman–Crippen MR) is 89.5 cm³/mol. The molecule has 0 bridgehead atoms. The summed E-state index contributed by atoms with van der Waals surface area (Å²) in [4.78, 5) is 0. The second kappa shape index (κ2) is 6.35. The minimum absolute atomic E-state index is 0.0527. The number of halogens is 2. The van der Waals surface area contributed by atoms with E-state index in [4.69, 9.17) is 12.6 Å². The highest BCUT2D eigenvalue weighted by atomic mass is 19.1. The molecule has 0 saturated heterocycles. The molecule has 3 rings (SSSR count). The van der Waals surface area contributed by atoms with Gasteiger partial charge in [-0.05, 0) is 67.9 Å². The molecule has 0 N–H and O–H groups in total. The maximum atomic E-state index is 14.7. The third-order valence-electron chi connectivity index (χ3n) is 4.61. The van der Waals surface area contributed by atoms with Crippen molar-refractivity contribution < 1.29 is 13.5 Å². The molecule has 2 aromatic carbocycles. The Morgan fingerprint density at radius 3 is 2.30 bits per heavy atom. The fourth-order valence-corrected chi connectivity index (χ4v) is 3.17. The molecular weight excluding hydrogens is 293 g/mol. The third-order valence-corrected chi connectivity index (χ3v) is 4.61. The molecule has 0 aromatic heterocycles. The second-order valence-corrected chi connectivity index (χ2v) is 6.23. The lowest BCUT2D eigenvalue weighted by atomic mass is 9.84. The van der Waals surface area contributed by atoms with E-state index in [2.05, 4.69) is 0 Å². The smallest absolute Gasteiger partial charge is 0.168 e. The molecule has 0 spiro atoms. The Morgan fingerprint density at radius 1 is 0.957 bits per heavy atom. The zero-order chi connectivity index (χ0) is 16.6. The molecule has 1 aliphatic rings. The number of hydrogen-bond acceptors (Lipinski definition) is 1. The first-order valence-electron chi connectivity index (χ1n) is 7.99. The van der Waals surface area contributed by atoms with Gasteiger partial charge in [-0.3, -0.25) is 0 Å². The zero-order valence-corrected chi connectivity index (χ0v) is 13.5. The van der Waals surface area contributed by atoms with Crippen molar-refractivity contribution in [2.45, 2.75) is 45.6 Å². The predicted octanol–water partition coefficient (Wildman–Crippen LogP) is 4.36. The van der Waals surface area contributed by atoms with Crippen LogP contribution in [0.1, 0.15) is 36.8 Å². The zero-order valence-electron chi connectivity index (χ0n) is 13.5. The van der Waals surface area contributed by atoms with Crippen LogP contribution in [0.2, 0.25) is 0 Å². The fraction of sp³-hybridized carbons (Fsp3) is 0.368. The van der Waals surface area contributed by atoms with Gasteiger partial charge in [0.2, 0.25) is 0 Å². The minimum Gasteiger partial charge on any atom is -0.487 e. The molecule has 1 saturated carbocycles. The van der Waals surface area contributed by atoms with Gasteiger partial charge in [0, 0.05) is 0 Å². The lowest BCUT2D eigenvalue weighted by Gasteiger charge is -2.17. The van der Waals surface area contributed by atoms with E-state index in [0.29, 0.717) is 22.3 Å². The number of aryl methyl sites for hydroxylation is 1. The van der Waals surface area contributed by atoms with Crippen LogP contribution in [0.15, 0.2) is 24.3 Å². The van der Waals surface area contributed by atoms with Crippen molar-refractivity contribution in [2.24, 2.45) is 0 Å². The van der Waals surface area contributed by atoms with E-state index in [-0.39, 0.29) is 17.3 Å². The van der Waals surface area contributed by atoms with Gasteiger partial charge in [0.1, 0.15) is 13.7 Å². The number of hydrogen-bond donors (Lipinski definition) is 0. The fourth-order valence-electron chi connectivity index (χ4n) is 3.17. The van der Waals surface area contributed by atoms with Crippen LogP contribution in [-0.4, -0.2) is 14.0 Å². The average Bonchev–Trinajstić information content (AvgIpc) is 3.04. The quantitative estimate of drug-likeness (QED) is 0.765. The molecule has 118 valence electrons. The SMILES string of the molecule is [B]c1c(-c2ccc(OC3CCCC3)c(F)c2C)ccc(C)c1F. The summed E-state index contributed by atoms with van der Waals surface area (Å²) >= 11 is 0. The van der Waals surface area contributed by atoms with Gasteiger partial charge in [0.25, 0.3) is 0 Å². The van der Waals surface area contributed by atoms with Gasteiger partial charge in [0.05, 0.1) is 6.10 Å². The van der Waals surface area contributed by atoms with E-state index in [1.54, 1.807) is 38.1 Å². The van der Waals surface area contributed by atoms with E-state index in [0.717, 1.165) is 25.7 Å². The molecular formula is C19H19BF2O. The normalized spacial score (nSPS) is 15.1. The van der Waals surface area contributed by atoms with Gasteiger partial charge in [0.15, 0.2) is 11.6 Å². The Balaban J connectivity index is 1.98. The van der Waals surface area contributed by atoms with Crippen molar-refractivity contribution >= 4 is 13.3 Å². The van der Waals surface area contributed by atoms with Crippen LogP contribution in [0.25, 0.3) is 11.1 Å². The van der Waals surface area contributed by atoms with E-state index in [1.165, 1.54) is 0 Å². The summed E-state index contributed by atoms with van der Waals surface area (Å²) in [5.74, 6) is -0.576. The van der Waals surface area contributed by atoms with Gasteiger partial charge in [-0.25, -0.2) is 8.78 Å². The number of benzene rings is 2. The van der Waals surface area contributed by atoms with Crippen LogP contribution in [0, 0.1) is 25.5 Å². The van der Waals surface area contributed by atoms with Gasteiger partial charge in [-0.1, -0.05) is 23.7 Å². The van der Waals surface area contributed by atoms with E-state index in [9.17, 15) is 8.78 Å². The molecule has 0 heterocycles. The Bertz CT molecular complexity index is 737. The Labute approximate surface area is 137 Å². The van der Waals surface area contributed by atoms with Crippen molar-refractivity contribution in [2.75, 3.05) is 0 Å². The van der Waals surface area contributed by atoms with Gasteiger partial charge in [-0.15, -0.1) is 0 Å². The van der Waals surface area contributed by atoms with Crippen molar-refractivity contribution in [1.29, 1.82) is 0 Å². The highest BCUT2D eigenvalue weighted by Gasteiger charge is 2.20. The lowest BCUT2D eigenvalue weighted by molar-refractivity contribution is 0.200. The monoisotopic (exact) mass is 312 g/mol. The molecule has 2 radical (unpaired) electrons. The summed E-state index contributed by atoms with van der Waals surface area (Å²) in [6.07, 6.45) is 4.29. The van der Waals surface area contributed by atoms with Crippen molar-refractivity contribution in [3.8, 4) is 16.9 Å². The molecule has 23 heavy (non-hydrogen) atoms. The Kier molecular flexibility index (Phi) is 4.42. The molecule has 1 fully saturated rings. The van der Waals surface area contributed by atoms with E-state index < -0.39 is 11.6 Å². The van der Waals surface area contributed by atoms with Gasteiger partial charge < -0.3 is 4.74 Å². The third kappa shape index (κ3) is 2.99. The first kappa shape index (κ1) is 16.0. The molecule has 2 aromatic rings. The van der Waals surface area contributed by atoms with Crippen LogP contribution in [0.4, 0.5) is 8.78 Å². The van der Waals surface area contributed by atoms with Gasteiger partial charge >= 0.3 is 0 Å². The molecule has 1 nitrogen and oxygen atoms in total. The van der Waals surface area contributed by atoms with E-state index >= 15 is 0 Å². The van der Waals surface area contributed by atoms with Crippen molar-refractivity contribution in [3.63, 3.8) is 0 Å². The summed E-state index contributed by atoms with van der Waals surface area (Å²) in [7, 11) is 5.88. The summed E-state index contributed by atoms with van der Waals surface area (Å²) in [5, 5.41) is 0. The Morgan fingerprint density at radius 2 is 1.61 bits per heavy atom. The molecule has 0 aliphatic heterocycles. The van der Waals surface area contributed by atoms with Crippen LogP contribution < -0.4 is 10.2 Å². The number of ether oxygens (including phenoxy) is 1. The highest BCUT2D eigenvalue weighted by Crippen LogP contribution is 2.32. The standard InChI is InChI=1S/C19H19BF2O/c1-11-7-8-15(17(20)18(11)21)14-9-10-16(19(22)12(14)2)23-13-5-3-4-6-13/h7-10,13H,3-6H2,1-2H3. The average molecular weight is 312 g/mol. The van der Waals surface area contributed by atoms with Crippen LogP contribution in [0.5, 0.6) is 5.75 Å². The lowest BCUT2D eigenvalue weighted by Crippen LogP contribution is -2.15. The maximum Gasteiger partial charge on any atom is 0.168 e. The first-order chi connectivity index (χ1) is 11.0. The second-order valence-electron chi connectivity index (χ2n) is 6.23. The minimum atomic E-state index is -0.450. The Hall–Kier alpha value is -1.84. The van der Waals surface area contributed by atoms with Crippen molar-refractivity contribution in [1.82, 2.24) is 0 Å². The van der Waals surface area contributed by atoms with Crippen molar-refractivity contribution in [3.05, 3.63) is 47.0 Å². The molecule has 0 unspecified atom stereocenters. The number of rotatable bonds is 3. The van der Waals surface area contributed by atoms with Crippen LogP contribution in [-0.2, 0) is 0 Å². The molecule has 4 heteroatoms. The summed E-state index contributed by atoms with van der Waals surface area (Å²) in [5.41, 5.74) is 2.06. The molecule has 0 atom stereocenters.